The second-order valence-electron chi connectivity index (χ2n) is 5.23. The molecule has 0 N–H and O–H groups in total. The van der Waals surface area contributed by atoms with E-state index in [1.54, 1.807) is 13.1 Å². The lowest BCUT2D eigenvalue weighted by Crippen LogP contribution is -2.17. The number of nitrogens with zero attached hydrogens (tertiary/aromatic N) is 1. The fourth-order valence-electron chi connectivity index (χ4n) is 2.57. The summed E-state index contributed by atoms with van der Waals surface area (Å²) in [5.74, 6) is -0.719. The van der Waals surface area contributed by atoms with Crippen LogP contribution in [0.5, 0.6) is 0 Å². The fourth-order valence-corrected chi connectivity index (χ4v) is 3.14. The van der Waals surface area contributed by atoms with Gasteiger partial charge >= 0.3 is 5.97 Å². The molecule has 0 unspecified atom stereocenters. The molecule has 0 radical (unpaired) electrons. The molecule has 1 saturated carbocycles. The third-order valence-corrected chi connectivity index (χ3v) is 4.52. The van der Waals surface area contributed by atoms with Gasteiger partial charge in [0.15, 0.2) is 0 Å². The van der Waals surface area contributed by atoms with E-state index in [0.717, 1.165) is 15.5 Å². The summed E-state index contributed by atoms with van der Waals surface area (Å²) < 4.78 is 7.55. The van der Waals surface area contributed by atoms with E-state index in [-0.39, 0.29) is 6.61 Å². The molecule has 1 fully saturated rings. The number of rotatable bonds is 5. The standard InChI is InChI=1S/C16H16INO3/c1-2-21-16(20)15(19)13-8-18(9-17)14-6-5-11(7-12(13)14)10-3-4-10/h5-8,10H,2-4,9H2,1H3. The van der Waals surface area contributed by atoms with Gasteiger partial charge in [-0.2, -0.15) is 0 Å². The maximum absolute atomic E-state index is 12.3. The SMILES string of the molecule is CCOC(=O)C(=O)c1cn(CI)c2ccc(C3CC3)cc12. The molecule has 21 heavy (non-hydrogen) atoms. The third-order valence-electron chi connectivity index (χ3n) is 3.79. The smallest absolute Gasteiger partial charge is 0.379 e. The normalized spacial score (nSPS) is 14.4. The number of hydrogen-bond donors (Lipinski definition) is 0. The molecule has 0 amide bonds. The van der Waals surface area contributed by atoms with Gasteiger partial charge in [-0.3, -0.25) is 4.79 Å². The molecule has 1 aliphatic rings. The number of ketones is 1. The van der Waals surface area contributed by atoms with Crippen molar-refractivity contribution >= 4 is 45.2 Å². The van der Waals surface area contributed by atoms with Crippen molar-refractivity contribution in [3.8, 4) is 0 Å². The Balaban J connectivity index is 2.09. The summed E-state index contributed by atoms with van der Waals surface area (Å²) in [6.45, 7) is 1.91. The number of benzene rings is 1. The number of carbonyl (C=O) groups is 2. The molecule has 0 saturated heterocycles. The third kappa shape index (κ3) is 2.71. The second kappa shape index (κ2) is 5.79. The van der Waals surface area contributed by atoms with Crippen LogP contribution in [0.1, 0.15) is 41.6 Å². The fraction of sp³-hybridized carbons (Fsp3) is 0.375. The zero-order valence-corrected chi connectivity index (χ0v) is 13.9. The predicted molar refractivity (Wildman–Crippen MR) is 88.9 cm³/mol. The molecular weight excluding hydrogens is 381 g/mol. The van der Waals surface area contributed by atoms with E-state index in [0.29, 0.717) is 11.5 Å². The zero-order valence-electron chi connectivity index (χ0n) is 11.8. The van der Waals surface area contributed by atoms with Gasteiger partial charge in [0, 0.05) is 17.1 Å². The molecule has 0 bridgehead atoms. The summed E-state index contributed by atoms with van der Waals surface area (Å²) in [4.78, 5) is 24.0. The molecule has 0 spiro atoms. The first-order chi connectivity index (χ1) is 10.2. The molecule has 1 heterocycles. The number of fused-ring (bicyclic) bond motifs is 1. The summed E-state index contributed by atoms with van der Waals surface area (Å²) >= 11 is 2.24. The van der Waals surface area contributed by atoms with Gasteiger partial charge in [0.05, 0.1) is 16.7 Å². The van der Waals surface area contributed by atoms with Gasteiger partial charge in [0.25, 0.3) is 5.78 Å². The Kier molecular flexibility index (Phi) is 4.01. The van der Waals surface area contributed by atoms with Crippen LogP contribution < -0.4 is 0 Å². The monoisotopic (exact) mass is 397 g/mol. The lowest BCUT2D eigenvalue weighted by molar-refractivity contribution is -0.137. The average Bonchev–Trinajstić information content (AvgIpc) is 3.28. The van der Waals surface area contributed by atoms with Gasteiger partial charge in [-0.05, 0) is 43.4 Å². The molecule has 1 aliphatic carbocycles. The Morgan fingerprint density at radius 2 is 2.14 bits per heavy atom. The largest absolute Gasteiger partial charge is 0.460 e. The maximum Gasteiger partial charge on any atom is 0.379 e. The van der Waals surface area contributed by atoms with Crippen molar-refractivity contribution in [1.82, 2.24) is 4.57 Å². The predicted octanol–water partition coefficient (Wildman–Crippen LogP) is 3.66. The highest BCUT2D eigenvalue weighted by Crippen LogP contribution is 2.41. The molecule has 0 aliphatic heterocycles. The highest BCUT2D eigenvalue weighted by molar-refractivity contribution is 14.1. The van der Waals surface area contributed by atoms with Crippen LogP contribution >= 0.6 is 22.6 Å². The summed E-state index contributed by atoms with van der Waals surface area (Å²) in [5.41, 5.74) is 2.69. The van der Waals surface area contributed by atoms with Gasteiger partial charge in [0.2, 0.25) is 0 Å². The molecule has 0 atom stereocenters. The van der Waals surface area contributed by atoms with Crippen molar-refractivity contribution in [2.24, 2.45) is 0 Å². The minimum absolute atomic E-state index is 0.211. The van der Waals surface area contributed by atoms with Gasteiger partial charge < -0.3 is 9.30 Å². The average molecular weight is 397 g/mol. The van der Waals surface area contributed by atoms with Crippen molar-refractivity contribution in [3.63, 3.8) is 0 Å². The Morgan fingerprint density at radius 1 is 1.38 bits per heavy atom. The highest BCUT2D eigenvalue weighted by Gasteiger charge is 2.26. The minimum Gasteiger partial charge on any atom is -0.460 e. The van der Waals surface area contributed by atoms with E-state index >= 15 is 0 Å². The van der Waals surface area contributed by atoms with Crippen molar-refractivity contribution < 1.29 is 14.3 Å². The number of aromatic nitrogens is 1. The van der Waals surface area contributed by atoms with Crippen LogP contribution in [-0.2, 0) is 14.1 Å². The van der Waals surface area contributed by atoms with Crippen molar-refractivity contribution in [1.29, 1.82) is 0 Å². The Morgan fingerprint density at radius 3 is 2.76 bits per heavy atom. The van der Waals surface area contributed by atoms with Crippen LogP contribution in [0.15, 0.2) is 24.4 Å². The van der Waals surface area contributed by atoms with Crippen molar-refractivity contribution in [3.05, 3.63) is 35.5 Å². The van der Waals surface area contributed by atoms with Gasteiger partial charge in [-0.1, -0.05) is 28.7 Å². The Labute approximate surface area is 136 Å². The van der Waals surface area contributed by atoms with E-state index < -0.39 is 11.8 Å². The molecule has 110 valence electrons. The Bertz CT molecular complexity index is 716. The molecule has 4 nitrogen and oxygen atoms in total. The molecule has 3 rings (SSSR count). The quantitative estimate of drug-likeness (QED) is 0.254. The van der Waals surface area contributed by atoms with E-state index in [1.165, 1.54) is 18.4 Å². The summed E-state index contributed by atoms with van der Waals surface area (Å²) in [7, 11) is 0. The number of Topliss-reactive ketones (excluding diaryl/α,β-unsaturated/α-hetero) is 1. The van der Waals surface area contributed by atoms with Crippen LogP contribution in [0.25, 0.3) is 10.9 Å². The van der Waals surface area contributed by atoms with Crippen LogP contribution in [0.4, 0.5) is 0 Å². The number of ether oxygens (including phenoxy) is 1. The first-order valence-corrected chi connectivity index (χ1v) is 8.58. The maximum atomic E-state index is 12.3. The number of alkyl halides is 1. The first-order valence-electron chi connectivity index (χ1n) is 7.06. The second-order valence-corrected chi connectivity index (χ2v) is 5.91. The van der Waals surface area contributed by atoms with Gasteiger partial charge in [-0.25, -0.2) is 4.79 Å². The first kappa shape index (κ1) is 14.6. The highest BCUT2D eigenvalue weighted by atomic mass is 127. The molecule has 1 aromatic heterocycles. The van der Waals surface area contributed by atoms with Crippen molar-refractivity contribution in [2.75, 3.05) is 6.61 Å². The summed E-state index contributed by atoms with van der Waals surface area (Å²) in [6.07, 6.45) is 4.17. The van der Waals surface area contributed by atoms with Gasteiger partial charge in [-0.15, -0.1) is 0 Å². The van der Waals surface area contributed by atoms with Crippen LogP contribution in [0, 0.1) is 0 Å². The Hall–Kier alpha value is -1.37. The number of halogens is 1. The molecular formula is C16H16INO3. The van der Waals surface area contributed by atoms with Crippen LogP contribution in [0.3, 0.4) is 0 Å². The van der Waals surface area contributed by atoms with Crippen LogP contribution in [0.2, 0.25) is 0 Å². The molecule has 5 heteroatoms. The van der Waals surface area contributed by atoms with E-state index in [4.69, 9.17) is 4.74 Å². The lowest BCUT2D eigenvalue weighted by atomic mass is 10.0. The molecule has 2 aromatic rings. The minimum atomic E-state index is -0.776. The molecule has 1 aromatic carbocycles. The van der Waals surface area contributed by atoms with Crippen LogP contribution in [-0.4, -0.2) is 22.9 Å². The van der Waals surface area contributed by atoms with Crippen molar-refractivity contribution in [2.45, 2.75) is 30.2 Å². The van der Waals surface area contributed by atoms with E-state index in [9.17, 15) is 9.59 Å². The summed E-state index contributed by atoms with van der Waals surface area (Å²) in [5, 5.41) is 0.856. The number of esters is 1. The summed E-state index contributed by atoms with van der Waals surface area (Å²) in [6, 6.07) is 6.23. The van der Waals surface area contributed by atoms with E-state index in [2.05, 4.69) is 34.7 Å². The number of hydrogen-bond acceptors (Lipinski definition) is 3. The van der Waals surface area contributed by atoms with Gasteiger partial charge in [0.1, 0.15) is 0 Å². The van der Waals surface area contributed by atoms with E-state index in [1.807, 2.05) is 10.6 Å². The number of carbonyl (C=O) groups excluding carboxylic acids is 2. The lowest BCUT2D eigenvalue weighted by Gasteiger charge is -2.02. The zero-order chi connectivity index (χ0) is 15.0. The topological polar surface area (TPSA) is 48.3 Å².